The molecule has 1 heterocycles. The van der Waals surface area contributed by atoms with Gasteiger partial charge in [0.15, 0.2) is 6.10 Å². The van der Waals surface area contributed by atoms with Gasteiger partial charge < -0.3 is 4.74 Å². The molecule has 2 rings (SSSR count). The molecule has 0 radical (unpaired) electrons. The third kappa shape index (κ3) is 3.04. The Hall–Kier alpha value is -2.37. The molecule has 0 saturated carbocycles. The summed E-state index contributed by atoms with van der Waals surface area (Å²) in [5.74, 6) is 0.382. The molecule has 0 fully saturated rings. The zero-order valence-electron chi connectivity index (χ0n) is 9.28. The molecule has 0 aliphatic heterocycles. The first kappa shape index (κ1) is 11.1. The van der Waals surface area contributed by atoms with E-state index in [2.05, 4.69) is 15.6 Å². The minimum absolute atomic E-state index is 0.270. The number of benzene rings is 1. The predicted molar refractivity (Wildman–Crippen MR) is 60.9 cm³/mol. The molecule has 17 heavy (non-hydrogen) atoms. The topological polar surface area (TPSA) is 69.0 Å². The molecule has 0 spiro atoms. The summed E-state index contributed by atoms with van der Waals surface area (Å²) in [6, 6.07) is 9.17. The van der Waals surface area contributed by atoms with E-state index in [1.807, 2.05) is 18.2 Å². The lowest BCUT2D eigenvalue weighted by Gasteiger charge is -2.14. The number of hydrogen-bond donors (Lipinski definition) is 1. The zero-order chi connectivity index (χ0) is 12.1. The molecule has 0 bridgehead atoms. The molecular weight excluding hydrogens is 220 g/mol. The summed E-state index contributed by atoms with van der Waals surface area (Å²) in [4.78, 5) is 11.7. The van der Waals surface area contributed by atoms with Crippen molar-refractivity contribution in [2.45, 2.75) is 13.0 Å². The molecule has 1 aromatic carbocycles. The normalized spacial score (nSPS) is 11.8. The predicted octanol–water partition coefficient (Wildman–Crippen LogP) is 0.816. The zero-order valence-corrected chi connectivity index (χ0v) is 9.28. The number of aromatic nitrogens is 3. The van der Waals surface area contributed by atoms with E-state index in [1.165, 1.54) is 17.3 Å². The fourth-order valence-corrected chi connectivity index (χ4v) is 1.23. The van der Waals surface area contributed by atoms with E-state index in [9.17, 15) is 4.79 Å². The highest BCUT2D eigenvalue weighted by molar-refractivity contribution is 5.87. The van der Waals surface area contributed by atoms with Crippen LogP contribution in [0.4, 0.5) is 0 Å². The lowest BCUT2D eigenvalue weighted by molar-refractivity contribution is -0.123. The molecule has 88 valence electrons. The lowest BCUT2D eigenvalue weighted by atomic mass is 10.3. The van der Waals surface area contributed by atoms with E-state index in [0.29, 0.717) is 5.75 Å². The van der Waals surface area contributed by atoms with Crippen molar-refractivity contribution < 1.29 is 9.53 Å². The SMILES string of the molecule is CC(Oc1ccccc1)C(=O)Nn1cnnc1. The Morgan fingerprint density at radius 2 is 1.94 bits per heavy atom. The smallest absolute Gasteiger partial charge is 0.279 e. The van der Waals surface area contributed by atoms with Crippen molar-refractivity contribution in [3.8, 4) is 5.75 Å². The molecule has 1 N–H and O–H groups in total. The summed E-state index contributed by atoms with van der Waals surface area (Å²) >= 11 is 0. The average Bonchev–Trinajstić information content (AvgIpc) is 2.83. The lowest BCUT2D eigenvalue weighted by Crippen LogP contribution is -2.34. The van der Waals surface area contributed by atoms with Crippen LogP contribution in [0.2, 0.25) is 0 Å². The molecule has 1 amide bonds. The number of amides is 1. The highest BCUT2D eigenvalue weighted by Gasteiger charge is 2.14. The van der Waals surface area contributed by atoms with Gasteiger partial charge in [-0.25, -0.2) is 4.68 Å². The highest BCUT2D eigenvalue weighted by atomic mass is 16.5. The molecule has 1 atom stereocenters. The van der Waals surface area contributed by atoms with Crippen LogP contribution in [-0.2, 0) is 4.79 Å². The van der Waals surface area contributed by atoms with Crippen LogP contribution in [0.25, 0.3) is 0 Å². The Morgan fingerprint density at radius 3 is 2.59 bits per heavy atom. The number of carbonyl (C=O) groups excluding carboxylic acids is 1. The van der Waals surface area contributed by atoms with Gasteiger partial charge in [-0.2, -0.15) is 0 Å². The maximum absolute atomic E-state index is 11.7. The number of rotatable bonds is 4. The molecule has 0 aliphatic carbocycles. The van der Waals surface area contributed by atoms with Crippen molar-refractivity contribution in [3.05, 3.63) is 43.0 Å². The average molecular weight is 232 g/mol. The van der Waals surface area contributed by atoms with Crippen molar-refractivity contribution >= 4 is 5.91 Å². The fraction of sp³-hybridized carbons (Fsp3) is 0.182. The Kier molecular flexibility index (Phi) is 3.34. The Labute approximate surface area is 98.2 Å². The number of hydrogen-bond acceptors (Lipinski definition) is 4. The summed E-state index contributed by atoms with van der Waals surface area (Å²) < 4.78 is 6.83. The summed E-state index contributed by atoms with van der Waals surface area (Å²) in [7, 11) is 0. The van der Waals surface area contributed by atoms with E-state index < -0.39 is 6.10 Å². The van der Waals surface area contributed by atoms with Gasteiger partial charge in [0.05, 0.1) is 0 Å². The molecule has 1 aromatic heterocycles. The van der Waals surface area contributed by atoms with Crippen LogP contribution in [-0.4, -0.2) is 26.9 Å². The molecule has 1 unspecified atom stereocenters. The van der Waals surface area contributed by atoms with Crippen molar-refractivity contribution in [1.29, 1.82) is 0 Å². The number of ether oxygens (including phenoxy) is 1. The van der Waals surface area contributed by atoms with E-state index in [1.54, 1.807) is 19.1 Å². The van der Waals surface area contributed by atoms with Crippen molar-refractivity contribution in [2.24, 2.45) is 0 Å². The number of para-hydroxylation sites is 1. The van der Waals surface area contributed by atoms with Crippen LogP contribution >= 0.6 is 0 Å². The summed E-state index contributed by atoms with van der Waals surface area (Å²) in [6.07, 6.45) is 2.19. The standard InChI is InChI=1S/C11H12N4O2/c1-9(17-10-5-3-2-4-6-10)11(16)14-15-7-12-13-8-15/h2-9H,1H3,(H,14,16). The first-order valence-corrected chi connectivity index (χ1v) is 5.13. The summed E-state index contributed by atoms with van der Waals surface area (Å²) in [6.45, 7) is 1.67. The summed E-state index contributed by atoms with van der Waals surface area (Å²) in [5, 5.41) is 7.15. The maximum atomic E-state index is 11.7. The van der Waals surface area contributed by atoms with Gasteiger partial charge in [-0.05, 0) is 19.1 Å². The van der Waals surface area contributed by atoms with E-state index >= 15 is 0 Å². The first-order valence-electron chi connectivity index (χ1n) is 5.13. The van der Waals surface area contributed by atoms with Crippen molar-refractivity contribution in [1.82, 2.24) is 14.9 Å². The first-order chi connectivity index (χ1) is 8.25. The van der Waals surface area contributed by atoms with Crippen LogP contribution < -0.4 is 10.2 Å². The molecule has 2 aromatic rings. The highest BCUT2D eigenvalue weighted by Crippen LogP contribution is 2.10. The van der Waals surface area contributed by atoms with E-state index in [0.717, 1.165) is 0 Å². The minimum Gasteiger partial charge on any atom is -0.481 e. The Balaban J connectivity index is 1.92. The van der Waals surface area contributed by atoms with Crippen LogP contribution in [0, 0.1) is 0 Å². The molecule has 0 saturated heterocycles. The molecule has 6 nitrogen and oxygen atoms in total. The monoisotopic (exact) mass is 232 g/mol. The van der Waals surface area contributed by atoms with Crippen LogP contribution in [0.5, 0.6) is 5.75 Å². The molecule has 0 aliphatic rings. The third-order valence-corrected chi connectivity index (χ3v) is 2.08. The van der Waals surface area contributed by atoms with Gasteiger partial charge in [0.2, 0.25) is 0 Å². The van der Waals surface area contributed by atoms with Crippen LogP contribution in [0.1, 0.15) is 6.92 Å². The van der Waals surface area contributed by atoms with Gasteiger partial charge in [-0.3, -0.25) is 10.2 Å². The number of nitrogens with zero attached hydrogens (tertiary/aromatic N) is 3. The fourth-order valence-electron chi connectivity index (χ4n) is 1.23. The molecular formula is C11H12N4O2. The maximum Gasteiger partial charge on any atom is 0.279 e. The van der Waals surface area contributed by atoms with Gasteiger partial charge in [0.25, 0.3) is 5.91 Å². The van der Waals surface area contributed by atoms with Gasteiger partial charge >= 0.3 is 0 Å². The Morgan fingerprint density at radius 1 is 1.29 bits per heavy atom. The molecule has 6 heteroatoms. The second kappa shape index (κ2) is 5.11. The van der Waals surface area contributed by atoms with Gasteiger partial charge in [0.1, 0.15) is 18.4 Å². The number of carbonyl (C=O) groups is 1. The largest absolute Gasteiger partial charge is 0.481 e. The van der Waals surface area contributed by atoms with Crippen molar-refractivity contribution in [3.63, 3.8) is 0 Å². The van der Waals surface area contributed by atoms with Crippen molar-refractivity contribution in [2.75, 3.05) is 5.43 Å². The van der Waals surface area contributed by atoms with Gasteiger partial charge in [-0.1, -0.05) is 18.2 Å². The quantitative estimate of drug-likeness (QED) is 0.847. The van der Waals surface area contributed by atoms with Gasteiger partial charge in [-0.15, -0.1) is 10.2 Å². The van der Waals surface area contributed by atoms with Crippen LogP contribution in [0.15, 0.2) is 43.0 Å². The second-order valence-corrected chi connectivity index (χ2v) is 3.42. The Bertz CT molecular complexity index is 469. The number of nitrogens with one attached hydrogen (secondary N) is 1. The summed E-state index contributed by atoms with van der Waals surface area (Å²) in [5.41, 5.74) is 2.57. The minimum atomic E-state index is -0.597. The van der Waals surface area contributed by atoms with E-state index in [4.69, 9.17) is 4.74 Å². The van der Waals surface area contributed by atoms with E-state index in [-0.39, 0.29) is 5.91 Å². The van der Waals surface area contributed by atoms with Crippen LogP contribution in [0.3, 0.4) is 0 Å². The third-order valence-electron chi connectivity index (χ3n) is 2.08. The second-order valence-electron chi connectivity index (χ2n) is 3.42. The van der Waals surface area contributed by atoms with Gasteiger partial charge in [0, 0.05) is 0 Å².